The zero-order valence-electron chi connectivity index (χ0n) is 6.89. The molecule has 0 heterocycles. The fourth-order valence-electron chi connectivity index (χ4n) is 0.872. The van der Waals surface area contributed by atoms with E-state index in [4.69, 9.17) is 0 Å². The molecule has 0 spiro atoms. The number of hydrogen-bond donors (Lipinski definition) is 0. The van der Waals surface area contributed by atoms with Gasteiger partial charge in [0.05, 0.1) is 11.8 Å². The molecule has 0 fully saturated rings. The summed E-state index contributed by atoms with van der Waals surface area (Å²) in [4.78, 5) is 11.4. The molecular formula is C9H5Br3O2. The Morgan fingerprint density at radius 1 is 1.29 bits per heavy atom. The molecule has 1 aromatic carbocycles. The second kappa shape index (κ2) is 5.09. The molecule has 0 atom stereocenters. The lowest BCUT2D eigenvalue weighted by Gasteiger charge is -2.05. The lowest BCUT2D eigenvalue weighted by Crippen LogP contribution is -2.02. The summed E-state index contributed by atoms with van der Waals surface area (Å²) in [7, 11) is 0. The third-order valence-corrected chi connectivity index (χ3v) is 3.11. The monoisotopic (exact) mass is 382 g/mol. The summed E-state index contributed by atoms with van der Waals surface area (Å²) in [6.45, 7) is 3.32. The third kappa shape index (κ3) is 2.68. The van der Waals surface area contributed by atoms with Crippen molar-refractivity contribution in [3.05, 3.63) is 44.0 Å². The second-order valence-corrected chi connectivity index (χ2v) is 4.94. The molecule has 74 valence electrons. The molecule has 0 aliphatic rings. The average Bonchev–Trinajstić information content (AvgIpc) is 2.01. The zero-order valence-corrected chi connectivity index (χ0v) is 11.6. The summed E-state index contributed by atoms with van der Waals surface area (Å²) in [6.07, 6.45) is 1.10. The van der Waals surface area contributed by atoms with E-state index in [1.807, 2.05) is 0 Å². The van der Waals surface area contributed by atoms with Crippen LogP contribution in [0.2, 0.25) is 0 Å². The number of halogens is 3. The number of carbonyl (C=O) groups excluding carboxylic acids is 1. The SMILES string of the molecule is C=COC(=O)c1c(Br)cc(Br)cc1Br. The van der Waals surface area contributed by atoms with Crippen molar-refractivity contribution in [2.75, 3.05) is 0 Å². The van der Waals surface area contributed by atoms with Crippen molar-refractivity contribution < 1.29 is 9.53 Å². The summed E-state index contributed by atoms with van der Waals surface area (Å²) in [5.74, 6) is -0.453. The molecule has 0 aliphatic heterocycles. The van der Waals surface area contributed by atoms with Gasteiger partial charge < -0.3 is 4.74 Å². The van der Waals surface area contributed by atoms with Crippen molar-refractivity contribution in [2.45, 2.75) is 0 Å². The maximum absolute atomic E-state index is 11.4. The Morgan fingerprint density at radius 2 is 1.79 bits per heavy atom. The maximum atomic E-state index is 11.4. The van der Waals surface area contributed by atoms with Crippen LogP contribution in [0.1, 0.15) is 10.4 Å². The van der Waals surface area contributed by atoms with Gasteiger partial charge in [0.15, 0.2) is 0 Å². The Morgan fingerprint density at radius 3 is 2.21 bits per heavy atom. The largest absolute Gasteiger partial charge is 0.431 e. The Balaban J connectivity index is 3.20. The molecule has 0 saturated carbocycles. The summed E-state index contributed by atoms with van der Waals surface area (Å²) in [6, 6.07) is 3.54. The molecule has 0 aromatic heterocycles. The Kier molecular flexibility index (Phi) is 4.34. The summed E-state index contributed by atoms with van der Waals surface area (Å²) in [5, 5.41) is 0. The van der Waals surface area contributed by atoms with E-state index in [-0.39, 0.29) is 0 Å². The van der Waals surface area contributed by atoms with Gasteiger partial charge in [0, 0.05) is 13.4 Å². The normalized spacial score (nSPS) is 9.64. The van der Waals surface area contributed by atoms with Gasteiger partial charge in [0.1, 0.15) is 0 Å². The van der Waals surface area contributed by atoms with Crippen molar-refractivity contribution >= 4 is 53.8 Å². The molecule has 14 heavy (non-hydrogen) atoms. The Labute approximate surface area is 107 Å². The topological polar surface area (TPSA) is 26.3 Å². The maximum Gasteiger partial charge on any atom is 0.345 e. The highest BCUT2D eigenvalue weighted by Gasteiger charge is 2.15. The van der Waals surface area contributed by atoms with Crippen LogP contribution in [0.15, 0.2) is 38.4 Å². The van der Waals surface area contributed by atoms with Gasteiger partial charge in [0.25, 0.3) is 0 Å². The van der Waals surface area contributed by atoms with Crippen LogP contribution in [0.5, 0.6) is 0 Å². The standard InChI is InChI=1S/C9H5Br3O2/c1-2-14-9(13)8-6(11)3-5(10)4-7(8)12/h2-4H,1H2. The van der Waals surface area contributed by atoms with E-state index in [1.165, 1.54) is 0 Å². The lowest BCUT2D eigenvalue weighted by atomic mass is 10.2. The van der Waals surface area contributed by atoms with Crippen molar-refractivity contribution in [3.8, 4) is 0 Å². The fraction of sp³-hybridized carbons (Fsp3) is 0. The molecule has 0 N–H and O–H groups in total. The molecule has 0 saturated heterocycles. The van der Waals surface area contributed by atoms with Crippen LogP contribution >= 0.6 is 47.8 Å². The van der Waals surface area contributed by atoms with Crippen molar-refractivity contribution in [3.63, 3.8) is 0 Å². The van der Waals surface area contributed by atoms with Crippen LogP contribution in [0.3, 0.4) is 0 Å². The van der Waals surface area contributed by atoms with Gasteiger partial charge in [-0.25, -0.2) is 4.79 Å². The Bertz CT molecular complexity index is 365. The molecule has 0 radical (unpaired) electrons. The van der Waals surface area contributed by atoms with E-state index in [9.17, 15) is 4.79 Å². The molecule has 1 aromatic rings. The summed E-state index contributed by atoms with van der Waals surface area (Å²) in [5.41, 5.74) is 0.438. The number of ether oxygens (including phenoxy) is 1. The fourth-order valence-corrected chi connectivity index (χ4v) is 3.45. The number of benzene rings is 1. The van der Waals surface area contributed by atoms with E-state index in [1.54, 1.807) is 12.1 Å². The van der Waals surface area contributed by atoms with Crippen LogP contribution in [0, 0.1) is 0 Å². The molecule has 0 aliphatic carbocycles. The predicted octanol–water partition coefficient (Wildman–Crippen LogP) is 4.27. The molecule has 1 rings (SSSR count). The van der Waals surface area contributed by atoms with Crippen LogP contribution < -0.4 is 0 Å². The van der Waals surface area contributed by atoms with Crippen LogP contribution in [0.4, 0.5) is 0 Å². The lowest BCUT2D eigenvalue weighted by molar-refractivity contribution is 0.0662. The first-order valence-electron chi connectivity index (χ1n) is 3.52. The molecule has 0 bridgehead atoms. The first-order valence-corrected chi connectivity index (χ1v) is 5.90. The first kappa shape index (κ1) is 11.9. The van der Waals surface area contributed by atoms with Gasteiger partial charge in [-0.05, 0) is 44.0 Å². The highest BCUT2D eigenvalue weighted by atomic mass is 79.9. The minimum absolute atomic E-state index is 0.438. The number of carbonyl (C=O) groups is 1. The van der Waals surface area contributed by atoms with Crippen LogP contribution in [-0.2, 0) is 4.74 Å². The summed E-state index contributed by atoms with van der Waals surface area (Å²) >= 11 is 9.85. The highest BCUT2D eigenvalue weighted by molar-refractivity contribution is 9.11. The molecule has 5 heteroatoms. The van der Waals surface area contributed by atoms with Gasteiger partial charge in [-0.15, -0.1) is 0 Å². The number of rotatable bonds is 2. The first-order chi connectivity index (χ1) is 6.56. The van der Waals surface area contributed by atoms with Crippen molar-refractivity contribution in [1.29, 1.82) is 0 Å². The molecule has 2 nitrogen and oxygen atoms in total. The van der Waals surface area contributed by atoms with Gasteiger partial charge >= 0.3 is 5.97 Å². The number of hydrogen-bond acceptors (Lipinski definition) is 2. The molecular weight excluding hydrogens is 380 g/mol. The second-order valence-electron chi connectivity index (χ2n) is 2.32. The van der Waals surface area contributed by atoms with Crippen molar-refractivity contribution in [2.24, 2.45) is 0 Å². The highest BCUT2D eigenvalue weighted by Crippen LogP contribution is 2.30. The number of esters is 1. The van der Waals surface area contributed by atoms with E-state index < -0.39 is 5.97 Å². The van der Waals surface area contributed by atoms with E-state index in [0.29, 0.717) is 14.5 Å². The zero-order chi connectivity index (χ0) is 10.7. The van der Waals surface area contributed by atoms with E-state index in [0.717, 1.165) is 10.7 Å². The third-order valence-electron chi connectivity index (χ3n) is 1.40. The Hall–Kier alpha value is -0.130. The minimum Gasteiger partial charge on any atom is -0.431 e. The van der Waals surface area contributed by atoms with Crippen LogP contribution in [0.25, 0.3) is 0 Å². The summed E-state index contributed by atoms with van der Waals surface area (Å²) < 4.78 is 6.86. The van der Waals surface area contributed by atoms with Crippen LogP contribution in [-0.4, -0.2) is 5.97 Å². The van der Waals surface area contributed by atoms with E-state index >= 15 is 0 Å². The average molecular weight is 385 g/mol. The quantitative estimate of drug-likeness (QED) is 0.562. The van der Waals surface area contributed by atoms with Crippen molar-refractivity contribution in [1.82, 2.24) is 0 Å². The molecule has 0 unspecified atom stereocenters. The van der Waals surface area contributed by atoms with Gasteiger partial charge in [-0.2, -0.15) is 0 Å². The minimum atomic E-state index is -0.453. The van der Waals surface area contributed by atoms with Gasteiger partial charge in [-0.1, -0.05) is 22.5 Å². The van der Waals surface area contributed by atoms with Gasteiger partial charge in [0.2, 0.25) is 0 Å². The smallest absolute Gasteiger partial charge is 0.345 e. The van der Waals surface area contributed by atoms with Gasteiger partial charge in [-0.3, -0.25) is 0 Å². The van der Waals surface area contributed by atoms with E-state index in [2.05, 4.69) is 59.1 Å². The predicted molar refractivity (Wildman–Crippen MR) is 65.2 cm³/mol. The molecule has 0 amide bonds.